The van der Waals surface area contributed by atoms with Crippen LogP contribution in [0.15, 0.2) is 66.0 Å². The zero-order valence-electron chi connectivity index (χ0n) is 20.6. The van der Waals surface area contributed by atoms with E-state index in [1.807, 2.05) is 0 Å². The van der Waals surface area contributed by atoms with Gasteiger partial charge < -0.3 is 9.67 Å². The molecule has 4 aromatic rings. The van der Waals surface area contributed by atoms with Crippen LogP contribution in [0.1, 0.15) is 26.5 Å². The Kier molecular flexibility index (Phi) is 7.34. The maximum atomic E-state index is 13.9. The minimum atomic E-state index is -4.68. The van der Waals surface area contributed by atoms with Crippen LogP contribution in [0.2, 0.25) is 10.0 Å². The van der Waals surface area contributed by atoms with Crippen molar-refractivity contribution in [1.29, 1.82) is 0 Å². The molecule has 1 N–H and O–H groups in total. The summed E-state index contributed by atoms with van der Waals surface area (Å²) in [6.45, 7) is 4.75. The van der Waals surface area contributed by atoms with Gasteiger partial charge in [0.2, 0.25) is 0 Å². The lowest BCUT2D eigenvalue weighted by Crippen LogP contribution is -2.52. The van der Waals surface area contributed by atoms with Gasteiger partial charge in [-0.05, 0) is 47.9 Å². The fourth-order valence-corrected chi connectivity index (χ4v) is 6.65. The molecule has 2 heterocycles. The zero-order chi connectivity index (χ0) is 28.9. The molecule has 0 saturated carbocycles. The maximum absolute atomic E-state index is 13.9. The minimum absolute atomic E-state index is 0.0114. The molecule has 206 valence electrons. The number of carbonyl (C=O) groups is 1. The van der Waals surface area contributed by atoms with Crippen molar-refractivity contribution in [3.8, 4) is 5.82 Å². The van der Waals surface area contributed by atoms with Gasteiger partial charge in [0.1, 0.15) is 23.9 Å². The van der Waals surface area contributed by atoms with Gasteiger partial charge in [0, 0.05) is 27.7 Å². The molecule has 0 bridgehead atoms. The number of nitrogens with zero attached hydrogens (tertiary/aromatic N) is 4. The fourth-order valence-electron chi connectivity index (χ4n) is 4.14. The Labute approximate surface area is 231 Å². The molecule has 2 aromatic heterocycles. The lowest BCUT2D eigenvalue weighted by molar-refractivity contribution is -0.141. The third kappa shape index (κ3) is 5.68. The highest BCUT2D eigenvalue weighted by atomic mass is 35.5. The lowest BCUT2D eigenvalue weighted by Gasteiger charge is -2.37. The number of carboxylic acid groups (broad SMARTS) is 1. The van der Waals surface area contributed by atoms with Gasteiger partial charge in [-0.3, -0.25) is 4.31 Å². The topological polar surface area (TPSA) is 105 Å². The van der Waals surface area contributed by atoms with Crippen LogP contribution in [0.25, 0.3) is 16.7 Å². The number of alkyl halides is 3. The fraction of sp³-hybridized carbons (Fsp3) is 0.240. The molecule has 8 nitrogen and oxygen atoms in total. The van der Waals surface area contributed by atoms with Crippen molar-refractivity contribution in [3.63, 3.8) is 0 Å². The summed E-state index contributed by atoms with van der Waals surface area (Å²) in [6.07, 6.45) is -2.42. The van der Waals surface area contributed by atoms with Crippen molar-refractivity contribution in [2.75, 3.05) is 4.31 Å². The summed E-state index contributed by atoms with van der Waals surface area (Å²) >= 11 is 12.1. The Morgan fingerprint density at radius 3 is 2.21 bits per heavy atom. The van der Waals surface area contributed by atoms with Crippen molar-refractivity contribution < 1.29 is 31.5 Å². The van der Waals surface area contributed by atoms with Crippen molar-refractivity contribution in [1.82, 2.24) is 14.5 Å². The number of aliphatic carboxylic acids is 1. The highest BCUT2D eigenvalue weighted by Gasteiger charge is 2.43. The quantitative estimate of drug-likeness (QED) is 0.273. The SMILES string of the molecule is CC(C)(C)C(C(=O)O)N(c1ccc2c(ccn2-c2cc(C(F)(F)F)ncn2)c1)S(=O)(=O)c1cc(Cl)cc(Cl)c1. The molecule has 14 heteroatoms. The average molecular weight is 601 g/mol. The molecular formula is C25H21Cl2F3N4O4S. The van der Waals surface area contributed by atoms with Crippen molar-refractivity contribution in [2.24, 2.45) is 5.41 Å². The van der Waals surface area contributed by atoms with Crippen LogP contribution < -0.4 is 4.31 Å². The largest absolute Gasteiger partial charge is 0.480 e. The van der Waals surface area contributed by atoms with Gasteiger partial charge in [-0.25, -0.2) is 23.2 Å². The first kappa shape index (κ1) is 28.7. The minimum Gasteiger partial charge on any atom is -0.480 e. The number of aromatic nitrogens is 3. The number of anilines is 1. The Bertz CT molecular complexity index is 1660. The Morgan fingerprint density at radius 1 is 1.00 bits per heavy atom. The van der Waals surface area contributed by atoms with E-state index in [9.17, 15) is 31.5 Å². The molecule has 4 rings (SSSR count). The van der Waals surface area contributed by atoms with E-state index in [2.05, 4.69) is 9.97 Å². The second-order valence-electron chi connectivity index (χ2n) is 9.70. The summed E-state index contributed by atoms with van der Waals surface area (Å²) in [5.41, 5.74) is -1.79. The van der Waals surface area contributed by atoms with Crippen LogP contribution in [-0.2, 0) is 21.0 Å². The van der Waals surface area contributed by atoms with Crippen molar-refractivity contribution >= 4 is 55.8 Å². The highest BCUT2D eigenvalue weighted by molar-refractivity contribution is 7.93. The highest BCUT2D eigenvalue weighted by Crippen LogP contribution is 2.37. The van der Waals surface area contributed by atoms with Gasteiger partial charge in [-0.1, -0.05) is 44.0 Å². The Hall–Kier alpha value is -3.35. The lowest BCUT2D eigenvalue weighted by atomic mass is 9.86. The number of halogens is 5. The summed E-state index contributed by atoms with van der Waals surface area (Å²) in [6, 6.07) is 8.72. The number of sulfonamides is 1. The van der Waals surface area contributed by atoms with E-state index in [-0.39, 0.29) is 26.4 Å². The summed E-state index contributed by atoms with van der Waals surface area (Å²) in [4.78, 5) is 19.4. The normalized spacial score (nSPS) is 13.4. The van der Waals surface area contributed by atoms with Crippen LogP contribution in [0.4, 0.5) is 18.9 Å². The average Bonchev–Trinajstić information content (AvgIpc) is 3.23. The second kappa shape index (κ2) is 10.00. The van der Waals surface area contributed by atoms with E-state index >= 15 is 0 Å². The van der Waals surface area contributed by atoms with Gasteiger partial charge in [0.25, 0.3) is 10.0 Å². The third-order valence-corrected chi connectivity index (χ3v) is 8.01. The summed E-state index contributed by atoms with van der Waals surface area (Å²) in [7, 11) is -4.53. The number of benzene rings is 2. The summed E-state index contributed by atoms with van der Waals surface area (Å²) in [5.74, 6) is -1.45. The van der Waals surface area contributed by atoms with Crippen molar-refractivity contribution in [2.45, 2.75) is 37.9 Å². The van der Waals surface area contributed by atoms with Crippen molar-refractivity contribution in [3.05, 3.63) is 76.8 Å². The van der Waals surface area contributed by atoms with E-state index in [1.165, 1.54) is 47.2 Å². The predicted molar refractivity (Wildman–Crippen MR) is 141 cm³/mol. The van der Waals surface area contributed by atoms with Crippen LogP contribution >= 0.6 is 23.2 Å². The van der Waals surface area contributed by atoms with Gasteiger partial charge in [-0.15, -0.1) is 0 Å². The standard InChI is InChI=1S/C25H21Cl2F3N4O4S/c1-24(2,3)22(23(35)36)34(39(37,38)18-10-15(26)9-16(27)11-18)17-4-5-19-14(8-17)6-7-33(19)21-12-20(25(28,29)30)31-13-32-21/h4-13,22H,1-3H3,(H,35,36). The Balaban J connectivity index is 1.91. The maximum Gasteiger partial charge on any atom is 0.433 e. The number of hydrogen-bond donors (Lipinski definition) is 1. The molecule has 0 amide bonds. The molecule has 0 aliphatic rings. The first-order valence-electron chi connectivity index (χ1n) is 11.2. The smallest absolute Gasteiger partial charge is 0.433 e. The number of carboxylic acids is 1. The predicted octanol–water partition coefficient (Wildman–Crippen LogP) is 6.44. The van der Waals surface area contributed by atoms with E-state index < -0.39 is 39.3 Å². The molecule has 2 aromatic carbocycles. The third-order valence-electron chi connectivity index (χ3n) is 5.80. The van der Waals surface area contributed by atoms with E-state index in [1.54, 1.807) is 26.8 Å². The summed E-state index contributed by atoms with van der Waals surface area (Å²) < 4.78 is 69.6. The number of hydrogen-bond acceptors (Lipinski definition) is 5. The van der Waals surface area contributed by atoms with Gasteiger partial charge in [-0.2, -0.15) is 13.2 Å². The molecule has 1 atom stereocenters. The number of rotatable bonds is 6. The molecule has 39 heavy (non-hydrogen) atoms. The monoisotopic (exact) mass is 600 g/mol. The van der Waals surface area contributed by atoms with Crippen LogP contribution in [-0.4, -0.2) is 40.1 Å². The molecular weight excluding hydrogens is 580 g/mol. The summed E-state index contributed by atoms with van der Waals surface area (Å²) in [5, 5.41) is 10.6. The molecule has 0 spiro atoms. The van der Waals surface area contributed by atoms with Crippen LogP contribution in [0.5, 0.6) is 0 Å². The van der Waals surface area contributed by atoms with Crippen LogP contribution in [0.3, 0.4) is 0 Å². The van der Waals surface area contributed by atoms with E-state index in [0.717, 1.165) is 16.7 Å². The molecule has 0 saturated heterocycles. The van der Waals surface area contributed by atoms with Gasteiger partial charge >= 0.3 is 12.1 Å². The first-order chi connectivity index (χ1) is 18.0. The molecule has 0 fully saturated rings. The zero-order valence-corrected chi connectivity index (χ0v) is 22.9. The van der Waals surface area contributed by atoms with E-state index in [0.29, 0.717) is 10.9 Å². The molecule has 0 radical (unpaired) electrons. The van der Waals surface area contributed by atoms with Crippen LogP contribution in [0, 0.1) is 5.41 Å². The molecule has 0 aliphatic carbocycles. The number of fused-ring (bicyclic) bond motifs is 1. The molecule has 1 unspecified atom stereocenters. The van der Waals surface area contributed by atoms with Gasteiger partial charge in [0.05, 0.1) is 16.1 Å². The van der Waals surface area contributed by atoms with Gasteiger partial charge in [0.15, 0.2) is 0 Å². The molecule has 0 aliphatic heterocycles. The Morgan fingerprint density at radius 2 is 1.64 bits per heavy atom. The van der Waals surface area contributed by atoms with E-state index in [4.69, 9.17) is 23.2 Å². The second-order valence-corrected chi connectivity index (χ2v) is 12.4. The first-order valence-corrected chi connectivity index (χ1v) is 13.4.